The van der Waals surface area contributed by atoms with Crippen LogP contribution < -0.4 is 0 Å². The molecule has 0 spiro atoms. The van der Waals surface area contributed by atoms with Gasteiger partial charge in [0.2, 0.25) is 5.91 Å². The van der Waals surface area contributed by atoms with Gasteiger partial charge in [0.15, 0.2) is 0 Å². The lowest BCUT2D eigenvalue weighted by molar-refractivity contribution is -0.135. The topological polar surface area (TPSA) is 43.9 Å². The molecule has 1 fully saturated rings. The van der Waals surface area contributed by atoms with E-state index in [4.69, 9.17) is 0 Å². The van der Waals surface area contributed by atoms with Crippen LogP contribution in [0.3, 0.4) is 0 Å². The highest BCUT2D eigenvalue weighted by Crippen LogP contribution is 2.37. The Kier molecular flexibility index (Phi) is 8.06. The van der Waals surface area contributed by atoms with Crippen molar-refractivity contribution in [1.82, 2.24) is 14.7 Å². The third-order valence-electron chi connectivity index (χ3n) is 7.78. The number of nitrogens with zero attached hydrogens (tertiary/aromatic N) is 3. The van der Waals surface area contributed by atoms with E-state index in [-0.39, 0.29) is 23.9 Å². The first-order valence-corrected chi connectivity index (χ1v) is 14.5. The third-order valence-corrected chi connectivity index (χ3v) is 8.78. The van der Waals surface area contributed by atoms with Gasteiger partial charge in [0.05, 0.1) is 12.6 Å². The molecule has 1 saturated heterocycles. The predicted molar refractivity (Wildman–Crippen MR) is 150 cm³/mol. The minimum Gasteiger partial charge on any atom is -0.338 e. The van der Waals surface area contributed by atoms with Gasteiger partial charge in [0.1, 0.15) is 0 Å². The molecule has 2 aliphatic heterocycles. The van der Waals surface area contributed by atoms with E-state index in [1.807, 2.05) is 39.3 Å². The molecule has 0 aliphatic carbocycles. The van der Waals surface area contributed by atoms with E-state index in [1.165, 1.54) is 28.0 Å². The Balaban J connectivity index is 1.22. The second kappa shape index (κ2) is 11.6. The number of hydrogen-bond acceptors (Lipinski definition) is 4. The molecular weight excluding hydrogens is 478 g/mol. The van der Waals surface area contributed by atoms with Gasteiger partial charge >= 0.3 is 0 Å². The first-order valence-electron chi connectivity index (χ1n) is 13.6. The van der Waals surface area contributed by atoms with Crippen LogP contribution in [0.2, 0.25) is 0 Å². The monoisotopic (exact) mass is 515 g/mol. The SMILES string of the molecule is CCCCc1ccc(C(=O)N2CCN(C(=O)CN3CCc4sccc4[C@@H]3c3ccccc3)C[C@@H]2C)cc1. The van der Waals surface area contributed by atoms with E-state index in [9.17, 15) is 9.59 Å². The van der Waals surface area contributed by atoms with Gasteiger partial charge in [-0.2, -0.15) is 0 Å². The molecule has 2 aliphatic rings. The smallest absolute Gasteiger partial charge is 0.254 e. The number of fused-ring (bicyclic) bond motifs is 1. The fourth-order valence-corrected chi connectivity index (χ4v) is 6.59. The molecule has 2 atom stereocenters. The zero-order chi connectivity index (χ0) is 25.8. The maximum absolute atomic E-state index is 13.5. The average molecular weight is 516 g/mol. The van der Waals surface area contributed by atoms with Crippen molar-refractivity contribution in [1.29, 1.82) is 0 Å². The number of rotatable bonds is 7. The van der Waals surface area contributed by atoms with Crippen molar-refractivity contribution in [2.75, 3.05) is 32.7 Å². The van der Waals surface area contributed by atoms with Crippen LogP contribution in [-0.4, -0.2) is 65.3 Å². The number of piperazine rings is 1. The Bertz CT molecular complexity index is 1210. The number of thiophene rings is 1. The molecule has 194 valence electrons. The number of carbonyl (C=O) groups is 2. The first-order chi connectivity index (χ1) is 18.0. The zero-order valence-electron chi connectivity index (χ0n) is 21.9. The molecule has 5 rings (SSSR count). The van der Waals surface area contributed by atoms with Crippen LogP contribution in [0, 0.1) is 0 Å². The van der Waals surface area contributed by atoms with Gasteiger partial charge in [-0.1, -0.05) is 55.8 Å². The van der Waals surface area contributed by atoms with E-state index in [2.05, 4.69) is 66.6 Å². The number of amides is 2. The quantitative estimate of drug-likeness (QED) is 0.423. The summed E-state index contributed by atoms with van der Waals surface area (Å²) in [5.41, 5.74) is 4.58. The van der Waals surface area contributed by atoms with Gasteiger partial charge in [-0.3, -0.25) is 14.5 Å². The molecular formula is C31H37N3O2S. The highest BCUT2D eigenvalue weighted by atomic mass is 32.1. The maximum atomic E-state index is 13.5. The average Bonchev–Trinajstić information content (AvgIpc) is 3.41. The van der Waals surface area contributed by atoms with Crippen molar-refractivity contribution in [3.8, 4) is 0 Å². The van der Waals surface area contributed by atoms with Gasteiger partial charge in [0, 0.05) is 42.7 Å². The van der Waals surface area contributed by atoms with Crippen molar-refractivity contribution in [3.05, 3.63) is 93.2 Å². The molecule has 3 aromatic rings. The largest absolute Gasteiger partial charge is 0.338 e. The lowest BCUT2D eigenvalue weighted by atomic mass is 9.93. The Morgan fingerprint density at radius 1 is 0.973 bits per heavy atom. The Labute approximate surface area is 224 Å². The second-order valence-corrected chi connectivity index (χ2v) is 11.3. The van der Waals surface area contributed by atoms with Crippen molar-refractivity contribution in [3.63, 3.8) is 0 Å². The summed E-state index contributed by atoms with van der Waals surface area (Å²) >= 11 is 1.82. The fourth-order valence-electron chi connectivity index (χ4n) is 5.68. The molecule has 1 aromatic heterocycles. The number of unbranched alkanes of at least 4 members (excludes halogenated alkanes) is 1. The molecule has 0 radical (unpaired) electrons. The molecule has 5 nitrogen and oxygen atoms in total. The van der Waals surface area contributed by atoms with Crippen LogP contribution in [0.25, 0.3) is 0 Å². The van der Waals surface area contributed by atoms with Crippen LogP contribution in [0.15, 0.2) is 66.0 Å². The first kappa shape index (κ1) is 25.7. The van der Waals surface area contributed by atoms with Gasteiger partial charge in [-0.25, -0.2) is 0 Å². The highest BCUT2D eigenvalue weighted by molar-refractivity contribution is 7.10. The Hall–Kier alpha value is -2.96. The summed E-state index contributed by atoms with van der Waals surface area (Å²) in [5, 5.41) is 2.17. The van der Waals surface area contributed by atoms with E-state index in [0.717, 1.165) is 31.4 Å². The Morgan fingerprint density at radius 2 is 1.76 bits per heavy atom. The molecule has 3 heterocycles. The molecule has 0 N–H and O–H groups in total. The zero-order valence-corrected chi connectivity index (χ0v) is 22.8. The molecule has 0 unspecified atom stereocenters. The summed E-state index contributed by atoms with van der Waals surface area (Å²) in [4.78, 5) is 34.4. The molecule has 6 heteroatoms. The van der Waals surface area contributed by atoms with Crippen LogP contribution >= 0.6 is 11.3 Å². The molecule has 2 amide bonds. The number of hydrogen-bond donors (Lipinski definition) is 0. The minimum atomic E-state index is -0.0141. The van der Waals surface area contributed by atoms with Crippen molar-refractivity contribution < 1.29 is 9.59 Å². The summed E-state index contributed by atoms with van der Waals surface area (Å²) in [6, 6.07) is 20.9. The molecule has 0 bridgehead atoms. The Morgan fingerprint density at radius 3 is 2.49 bits per heavy atom. The van der Waals surface area contributed by atoms with Crippen molar-refractivity contribution in [2.24, 2.45) is 0 Å². The van der Waals surface area contributed by atoms with Gasteiger partial charge in [0.25, 0.3) is 5.91 Å². The standard InChI is InChI=1S/C31H37N3O2S/c1-3-4-8-24-11-13-26(14-12-24)31(36)34-19-18-32(21-23(34)2)29(35)22-33-17-15-28-27(16-20-37-28)30(33)25-9-6-5-7-10-25/h5-7,9-14,16,20,23,30H,3-4,8,15,17-19,21-22H2,1-2H3/t23-,30-/m0/s1. The van der Waals surface area contributed by atoms with Crippen LogP contribution in [-0.2, 0) is 17.6 Å². The molecule has 0 saturated carbocycles. The van der Waals surface area contributed by atoms with Crippen molar-refractivity contribution in [2.45, 2.75) is 51.6 Å². The lowest BCUT2D eigenvalue weighted by Crippen LogP contribution is -2.57. The number of aryl methyl sites for hydroxylation is 1. The van der Waals surface area contributed by atoms with E-state index >= 15 is 0 Å². The summed E-state index contributed by atoms with van der Waals surface area (Å²) in [7, 11) is 0. The summed E-state index contributed by atoms with van der Waals surface area (Å²) in [6.45, 7) is 7.25. The van der Waals surface area contributed by atoms with Gasteiger partial charge < -0.3 is 9.80 Å². The number of carbonyl (C=O) groups excluding carboxylic acids is 2. The van der Waals surface area contributed by atoms with Gasteiger partial charge in [-0.05, 0) is 66.5 Å². The van der Waals surface area contributed by atoms with Crippen LogP contribution in [0.5, 0.6) is 0 Å². The second-order valence-electron chi connectivity index (χ2n) is 10.3. The minimum absolute atomic E-state index is 0.0141. The van der Waals surface area contributed by atoms with Gasteiger partial charge in [-0.15, -0.1) is 11.3 Å². The van der Waals surface area contributed by atoms with Crippen molar-refractivity contribution >= 4 is 23.2 Å². The summed E-state index contributed by atoms with van der Waals surface area (Å²) < 4.78 is 0. The maximum Gasteiger partial charge on any atom is 0.254 e. The van der Waals surface area contributed by atoms with E-state index in [1.54, 1.807) is 0 Å². The third kappa shape index (κ3) is 5.65. The lowest BCUT2D eigenvalue weighted by Gasteiger charge is -2.42. The van der Waals surface area contributed by atoms with E-state index in [0.29, 0.717) is 26.2 Å². The summed E-state index contributed by atoms with van der Waals surface area (Å²) in [5.74, 6) is 0.214. The highest BCUT2D eigenvalue weighted by Gasteiger charge is 2.34. The predicted octanol–water partition coefficient (Wildman–Crippen LogP) is 5.41. The number of benzene rings is 2. The van der Waals surface area contributed by atoms with E-state index < -0.39 is 0 Å². The normalized spacial score (nSPS) is 20.1. The fraction of sp³-hybridized carbons (Fsp3) is 0.419. The molecule has 37 heavy (non-hydrogen) atoms. The molecule has 2 aromatic carbocycles. The van der Waals surface area contributed by atoms with Crippen LogP contribution in [0.4, 0.5) is 0 Å². The summed E-state index contributed by atoms with van der Waals surface area (Å²) in [6.07, 6.45) is 4.37. The van der Waals surface area contributed by atoms with Crippen LogP contribution in [0.1, 0.15) is 64.7 Å².